The maximum Gasteiger partial charge on any atom is 0.0406 e. The van der Waals surface area contributed by atoms with Gasteiger partial charge in [-0.2, -0.15) is 0 Å². The van der Waals surface area contributed by atoms with Crippen molar-refractivity contribution in [2.24, 2.45) is 5.92 Å². The Morgan fingerprint density at radius 2 is 1.89 bits per heavy atom. The molecule has 0 aromatic carbocycles. The molecule has 0 aliphatic heterocycles. The zero-order chi connectivity index (χ0) is 14.3. The highest BCUT2D eigenvalue weighted by molar-refractivity contribution is 5.15. The van der Waals surface area contributed by atoms with E-state index >= 15 is 0 Å². The third kappa shape index (κ3) is 4.94. The molecule has 1 fully saturated rings. The molecule has 0 unspecified atom stereocenters. The van der Waals surface area contributed by atoms with E-state index < -0.39 is 0 Å². The molecule has 19 heavy (non-hydrogen) atoms. The van der Waals surface area contributed by atoms with Gasteiger partial charge in [-0.05, 0) is 57.3 Å². The highest BCUT2D eigenvalue weighted by Crippen LogP contribution is 2.32. The third-order valence-electron chi connectivity index (χ3n) is 3.86. The fourth-order valence-corrected chi connectivity index (χ4v) is 2.60. The molecule has 1 aliphatic carbocycles. The van der Waals surface area contributed by atoms with Crippen LogP contribution in [0.2, 0.25) is 0 Å². The number of aryl methyl sites for hydroxylation is 1. The first-order valence-corrected chi connectivity index (χ1v) is 7.79. The number of aromatic nitrogens is 1. The van der Waals surface area contributed by atoms with Crippen molar-refractivity contribution in [3.63, 3.8) is 0 Å². The standard InChI is InChI=1S/C15H24N2.C2H6/c1-4-5-12-6-7-14(16-11-12)8-13-9-15(10-13)17(2)3;1-2/h6-7,11,13,15H,4-5,8-10H2,1-3H3;1-2H3. The molecule has 0 radical (unpaired) electrons. The summed E-state index contributed by atoms with van der Waals surface area (Å²) in [6.07, 6.45) is 8.25. The zero-order valence-electron chi connectivity index (χ0n) is 13.3. The van der Waals surface area contributed by atoms with Gasteiger partial charge in [0.2, 0.25) is 0 Å². The molecule has 108 valence electrons. The van der Waals surface area contributed by atoms with Gasteiger partial charge in [-0.1, -0.05) is 33.3 Å². The Morgan fingerprint density at radius 1 is 1.21 bits per heavy atom. The van der Waals surface area contributed by atoms with Gasteiger partial charge in [0.05, 0.1) is 0 Å². The summed E-state index contributed by atoms with van der Waals surface area (Å²) in [4.78, 5) is 6.92. The average Bonchev–Trinajstić information content (AvgIpc) is 2.37. The maximum atomic E-state index is 4.58. The summed E-state index contributed by atoms with van der Waals surface area (Å²) in [6, 6.07) is 5.27. The monoisotopic (exact) mass is 262 g/mol. The number of hydrogen-bond donors (Lipinski definition) is 0. The van der Waals surface area contributed by atoms with Crippen molar-refractivity contribution in [2.75, 3.05) is 14.1 Å². The Morgan fingerprint density at radius 3 is 2.37 bits per heavy atom. The number of pyridine rings is 1. The van der Waals surface area contributed by atoms with Gasteiger partial charge in [-0.15, -0.1) is 0 Å². The van der Waals surface area contributed by atoms with Gasteiger partial charge in [-0.3, -0.25) is 4.98 Å². The van der Waals surface area contributed by atoms with E-state index in [-0.39, 0.29) is 0 Å². The van der Waals surface area contributed by atoms with Crippen molar-refractivity contribution >= 4 is 0 Å². The van der Waals surface area contributed by atoms with Crippen LogP contribution >= 0.6 is 0 Å². The van der Waals surface area contributed by atoms with E-state index in [4.69, 9.17) is 0 Å². The maximum absolute atomic E-state index is 4.58. The number of hydrogen-bond acceptors (Lipinski definition) is 2. The largest absolute Gasteiger partial charge is 0.306 e. The van der Waals surface area contributed by atoms with Gasteiger partial charge in [0.1, 0.15) is 0 Å². The molecule has 0 bridgehead atoms. The molecular weight excluding hydrogens is 232 g/mol. The summed E-state index contributed by atoms with van der Waals surface area (Å²) in [5.41, 5.74) is 2.64. The zero-order valence-corrected chi connectivity index (χ0v) is 13.3. The summed E-state index contributed by atoms with van der Waals surface area (Å²) in [7, 11) is 4.36. The van der Waals surface area contributed by atoms with Gasteiger partial charge < -0.3 is 4.90 Å². The van der Waals surface area contributed by atoms with Crippen molar-refractivity contribution in [1.29, 1.82) is 0 Å². The van der Waals surface area contributed by atoms with Crippen LogP contribution < -0.4 is 0 Å². The van der Waals surface area contributed by atoms with Crippen LogP contribution in [-0.2, 0) is 12.8 Å². The quantitative estimate of drug-likeness (QED) is 0.799. The van der Waals surface area contributed by atoms with Crippen molar-refractivity contribution in [3.05, 3.63) is 29.6 Å². The molecule has 1 aromatic rings. The van der Waals surface area contributed by atoms with Crippen molar-refractivity contribution in [2.45, 2.75) is 58.9 Å². The number of nitrogens with zero attached hydrogens (tertiary/aromatic N) is 2. The molecule has 0 spiro atoms. The van der Waals surface area contributed by atoms with Gasteiger partial charge in [0.25, 0.3) is 0 Å². The molecule has 1 heterocycles. The summed E-state index contributed by atoms with van der Waals surface area (Å²) in [5.74, 6) is 0.854. The van der Waals surface area contributed by atoms with E-state index in [0.717, 1.165) is 24.8 Å². The van der Waals surface area contributed by atoms with E-state index in [1.165, 1.54) is 30.5 Å². The van der Waals surface area contributed by atoms with Gasteiger partial charge >= 0.3 is 0 Å². The Balaban J connectivity index is 0.000000861. The third-order valence-corrected chi connectivity index (χ3v) is 3.86. The van der Waals surface area contributed by atoms with Crippen LogP contribution in [-0.4, -0.2) is 30.0 Å². The predicted octanol–water partition coefficient (Wildman–Crippen LogP) is 3.94. The Kier molecular flexibility index (Phi) is 7.07. The second-order valence-electron chi connectivity index (χ2n) is 5.57. The molecule has 1 aliphatic rings. The molecular formula is C17H30N2. The lowest BCUT2D eigenvalue weighted by molar-refractivity contribution is 0.123. The van der Waals surface area contributed by atoms with Crippen LogP contribution in [0.25, 0.3) is 0 Å². The smallest absolute Gasteiger partial charge is 0.0406 e. The molecule has 0 saturated heterocycles. The predicted molar refractivity (Wildman–Crippen MR) is 83.5 cm³/mol. The van der Waals surface area contributed by atoms with Crippen molar-refractivity contribution < 1.29 is 0 Å². The van der Waals surface area contributed by atoms with E-state index in [1.54, 1.807) is 0 Å². The Bertz CT molecular complexity index is 337. The van der Waals surface area contributed by atoms with E-state index in [2.05, 4.69) is 49.2 Å². The first kappa shape index (κ1) is 16.2. The molecule has 2 rings (SSSR count). The summed E-state index contributed by atoms with van der Waals surface area (Å²) >= 11 is 0. The lowest BCUT2D eigenvalue weighted by Gasteiger charge is -2.39. The van der Waals surface area contributed by atoms with Gasteiger partial charge in [0.15, 0.2) is 0 Å². The molecule has 0 N–H and O–H groups in total. The summed E-state index contributed by atoms with van der Waals surface area (Å²) in [6.45, 7) is 6.21. The lowest BCUT2D eigenvalue weighted by atomic mass is 9.77. The van der Waals surface area contributed by atoms with Crippen LogP contribution in [0.15, 0.2) is 18.3 Å². The molecule has 0 amide bonds. The van der Waals surface area contributed by atoms with Crippen LogP contribution in [0.3, 0.4) is 0 Å². The van der Waals surface area contributed by atoms with E-state index in [9.17, 15) is 0 Å². The molecule has 0 atom stereocenters. The Hall–Kier alpha value is -0.890. The summed E-state index contributed by atoms with van der Waals surface area (Å²) in [5, 5.41) is 0. The Labute approximate surface area is 119 Å². The lowest BCUT2D eigenvalue weighted by Crippen LogP contribution is -2.41. The minimum Gasteiger partial charge on any atom is -0.306 e. The van der Waals surface area contributed by atoms with Crippen molar-refractivity contribution in [1.82, 2.24) is 9.88 Å². The molecule has 2 nitrogen and oxygen atoms in total. The van der Waals surface area contributed by atoms with Crippen LogP contribution in [0.1, 0.15) is 51.3 Å². The second-order valence-corrected chi connectivity index (χ2v) is 5.57. The molecule has 1 aromatic heterocycles. The van der Waals surface area contributed by atoms with Gasteiger partial charge in [-0.25, -0.2) is 0 Å². The highest BCUT2D eigenvalue weighted by Gasteiger charge is 2.30. The average molecular weight is 262 g/mol. The van der Waals surface area contributed by atoms with Gasteiger partial charge in [0, 0.05) is 17.9 Å². The highest BCUT2D eigenvalue weighted by atomic mass is 15.1. The van der Waals surface area contributed by atoms with E-state index in [1.807, 2.05) is 13.8 Å². The first-order chi connectivity index (χ1) is 9.19. The van der Waals surface area contributed by atoms with Crippen LogP contribution in [0.4, 0.5) is 0 Å². The SMILES string of the molecule is CC.CCCc1ccc(CC2CC(N(C)C)C2)nc1. The van der Waals surface area contributed by atoms with Crippen LogP contribution in [0.5, 0.6) is 0 Å². The van der Waals surface area contributed by atoms with Crippen molar-refractivity contribution in [3.8, 4) is 0 Å². The minimum atomic E-state index is 0.805. The van der Waals surface area contributed by atoms with E-state index in [0.29, 0.717) is 0 Å². The van der Waals surface area contributed by atoms with Crippen LogP contribution in [0, 0.1) is 5.92 Å². The normalized spacial score (nSPS) is 21.6. The fraction of sp³-hybridized carbons (Fsp3) is 0.706. The minimum absolute atomic E-state index is 0.805. The molecule has 1 saturated carbocycles. The molecule has 2 heteroatoms. The fourth-order valence-electron chi connectivity index (χ4n) is 2.60. The summed E-state index contributed by atoms with van der Waals surface area (Å²) < 4.78 is 0. The first-order valence-electron chi connectivity index (χ1n) is 7.79. The second kappa shape index (κ2) is 8.31. The topological polar surface area (TPSA) is 16.1 Å². The number of rotatable bonds is 5.